The molecule has 5 heteroatoms. The molecule has 0 bridgehead atoms. The molecule has 0 unspecified atom stereocenters. The Labute approximate surface area is 135 Å². The summed E-state index contributed by atoms with van der Waals surface area (Å²) in [4.78, 5) is 14.1. The Hall–Kier alpha value is -2.56. The van der Waals surface area contributed by atoms with Crippen molar-refractivity contribution in [1.29, 1.82) is 0 Å². The zero-order chi connectivity index (χ0) is 16.6. The number of carbonyl (C=O) groups is 1. The molecule has 0 saturated carbocycles. The highest BCUT2D eigenvalue weighted by atomic mass is 16.3. The number of benzene rings is 1. The molecule has 5 nitrogen and oxygen atoms in total. The molecule has 1 amide bonds. The first-order valence-corrected chi connectivity index (χ1v) is 7.63. The van der Waals surface area contributed by atoms with Crippen LogP contribution in [0.2, 0.25) is 0 Å². The van der Waals surface area contributed by atoms with Gasteiger partial charge in [-0.3, -0.25) is 9.89 Å². The molecular formula is C18H21N3O2. The van der Waals surface area contributed by atoms with Crippen LogP contribution in [0.5, 0.6) is 0 Å². The number of nitrogens with one attached hydrogen (secondary N) is 1. The Kier molecular flexibility index (Phi) is 3.72. The van der Waals surface area contributed by atoms with E-state index in [0.29, 0.717) is 12.3 Å². The molecule has 2 heterocycles. The number of H-pyrrole nitrogens is 1. The van der Waals surface area contributed by atoms with Crippen LogP contribution in [-0.2, 0) is 12.0 Å². The summed E-state index contributed by atoms with van der Waals surface area (Å²) in [6.07, 6.45) is 0. The summed E-state index contributed by atoms with van der Waals surface area (Å²) in [6, 6.07) is 11.4. The van der Waals surface area contributed by atoms with E-state index < -0.39 is 0 Å². The summed E-state index contributed by atoms with van der Waals surface area (Å²) < 4.78 is 5.63. The van der Waals surface area contributed by atoms with Gasteiger partial charge in [-0.25, -0.2) is 0 Å². The Bertz CT molecular complexity index is 806. The van der Waals surface area contributed by atoms with Crippen LogP contribution in [0.1, 0.15) is 42.7 Å². The van der Waals surface area contributed by atoms with Gasteiger partial charge in [-0.2, -0.15) is 5.10 Å². The minimum atomic E-state index is -0.145. The maximum atomic E-state index is 12.5. The van der Waals surface area contributed by atoms with Gasteiger partial charge in [-0.05, 0) is 18.2 Å². The lowest BCUT2D eigenvalue weighted by Gasteiger charge is -2.15. The molecule has 23 heavy (non-hydrogen) atoms. The minimum Gasteiger partial charge on any atom is -0.451 e. The van der Waals surface area contributed by atoms with Crippen LogP contribution in [0.25, 0.3) is 11.0 Å². The molecule has 0 saturated heterocycles. The minimum absolute atomic E-state index is 0.0178. The molecule has 0 radical (unpaired) electrons. The summed E-state index contributed by atoms with van der Waals surface area (Å²) in [5.74, 6) is 0.206. The Morgan fingerprint density at radius 3 is 2.65 bits per heavy atom. The highest BCUT2D eigenvalue weighted by Gasteiger charge is 2.20. The molecule has 1 N–H and O–H groups in total. The second kappa shape index (κ2) is 5.57. The van der Waals surface area contributed by atoms with E-state index in [1.54, 1.807) is 18.0 Å². The van der Waals surface area contributed by atoms with Crippen LogP contribution < -0.4 is 0 Å². The molecule has 3 aromatic rings. The van der Waals surface area contributed by atoms with Gasteiger partial charge in [0.2, 0.25) is 0 Å². The molecule has 0 atom stereocenters. The lowest BCUT2D eigenvalue weighted by molar-refractivity contribution is 0.0754. The van der Waals surface area contributed by atoms with Crippen LogP contribution in [0.4, 0.5) is 0 Å². The molecule has 0 spiro atoms. The van der Waals surface area contributed by atoms with Crippen molar-refractivity contribution < 1.29 is 9.21 Å². The average molecular weight is 311 g/mol. The number of nitrogens with zero attached hydrogens (tertiary/aromatic N) is 2. The summed E-state index contributed by atoms with van der Waals surface area (Å²) in [5.41, 5.74) is 2.59. The standard InChI is InChI=1S/C18H21N3O2/c1-18(2,3)16-10-13(19-20-16)11-21(4)17(22)15-9-12-7-5-6-8-14(12)23-15/h5-10H,11H2,1-4H3,(H,19,20). The smallest absolute Gasteiger partial charge is 0.289 e. The number of rotatable bonds is 3. The van der Waals surface area contributed by atoms with Gasteiger partial charge in [0.1, 0.15) is 5.58 Å². The van der Waals surface area contributed by atoms with Crippen molar-refractivity contribution in [2.24, 2.45) is 0 Å². The van der Waals surface area contributed by atoms with E-state index in [4.69, 9.17) is 4.42 Å². The third-order valence-corrected chi connectivity index (χ3v) is 3.79. The molecule has 0 fully saturated rings. The molecule has 0 aliphatic heterocycles. The number of hydrogen-bond acceptors (Lipinski definition) is 3. The second-order valence-electron chi connectivity index (χ2n) is 6.84. The van der Waals surface area contributed by atoms with E-state index >= 15 is 0 Å². The maximum absolute atomic E-state index is 12.5. The molecule has 1 aromatic carbocycles. The van der Waals surface area contributed by atoms with E-state index in [2.05, 4.69) is 31.0 Å². The highest BCUT2D eigenvalue weighted by Crippen LogP contribution is 2.22. The number of fused-ring (bicyclic) bond motifs is 1. The van der Waals surface area contributed by atoms with Crippen LogP contribution >= 0.6 is 0 Å². The number of hydrogen-bond donors (Lipinski definition) is 1. The number of aromatic amines is 1. The lowest BCUT2D eigenvalue weighted by Crippen LogP contribution is -2.25. The summed E-state index contributed by atoms with van der Waals surface area (Å²) in [6.45, 7) is 6.78. The van der Waals surface area contributed by atoms with Crippen molar-refractivity contribution in [3.05, 3.63) is 53.5 Å². The number of amides is 1. The van der Waals surface area contributed by atoms with Crippen molar-refractivity contribution in [2.75, 3.05) is 7.05 Å². The second-order valence-corrected chi connectivity index (χ2v) is 6.84. The average Bonchev–Trinajstić information content (AvgIpc) is 3.11. The zero-order valence-electron chi connectivity index (χ0n) is 13.9. The van der Waals surface area contributed by atoms with Crippen molar-refractivity contribution in [1.82, 2.24) is 15.1 Å². The van der Waals surface area contributed by atoms with E-state index in [1.807, 2.05) is 30.3 Å². The molecule has 0 aliphatic carbocycles. The van der Waals surface area contributed by atoms with Crippen molar-refractivity contribution >= 4 is 16.9 Å². The van der Waals surface area contributed by atoms with Crippen LogP contribution in [0, 0.1) is 0 Å². The van der Waals surface area contributed by atoms with Gasteiger partial charge >= 0.3 is 0 Å². The normalized spacial score (nSPS) is 11.8. The van der Waals surface area contributed by atoms with Crippen molar-refractivity contribution in [3.8, 4) is 0 Å². The first kappa shape index (κ1) is 15.3. The van der Waals surface area contributed by atoms with Crippen LogP contribution in [0.3, 0.4) is 0 Å². The Morgan fingerprint density at radius 1 is 1.26 bits per heavy atom. The fraction of sp³-hybridized carbons (Fsp3) is 0.333. The summed E-state index contributed by atoms with van der Waals surface area (Å²) >= 11 is 0. The van der Waals surface area contributed by atoms with Gasteiger partial charge in [0, 0.05) is 17.8 Å². The van der Waals surface area contributed by atoms with Crippen LogP contribution in [0.15, 0.2) is 40.8 Å². The van der Waals surface area contributed by atoms with E-state index in [9.17, 15) is 4.79 Å². The quantitative estimate of drug-likeness (QED) is 0.801. The predicted octanol–water partition coefficient (Wildman–Crippen LogP) is 3.73. The third-order valence-electron chi connectivity index (χ3n) is 3.79. The van der Waals surface area contributed by atoms with E-state index in [-0.39, 0.29) is 11.3 Å². The first-order valence-electron chi connectivity index (χ1n) is 7.63. The summed E-state index contributed by atoms with van der Waals surface area (Å²) in [7, 11) is 1.76. The Morgan fingerprint density at radius 2 is 2.00 bits per heavy atom. The monoisotopic (exact) mass is 311 g/mol. The maximum Gasteiger partial charge on any atom is 0.289 e. The fourth-order valence-electron chi connectivity index (χ4n) is 2.43. The van der Waals surface area contributed by atoms with Crippen molar-refractivity contribution in [3.63, 3.8) is 0 Å². The number of carbonyl (C=O) groups excluding carboxylic acids is 1. The highest BCUT2D eigenvalue weighted by molar-refractivity contribution is 5.95. The number of aromatic nitrogens is 2. The van der Waals surface area contributed by atoms with Gasteiger partial charge in [-0.1, -0.05) is 39.0 Å². The number of furan rings is 1. The van der Waals surface area contributed by atoms with Gasteiger partial charge in [-0.15, -0.1) is 0 Å². The molecule has 0 aliphatic rings. The fourth-order valence-corrected chi connectivity index (χ4v) is 2.43. The van der Waals surface area contributed by atoms with Gasteiger partial charge < -0.3 is 9.32 Å². The first-order chi connectivity index (χ1) is 10.8. The zero-order valence-corrected chi connectivity index (χ0v) is 13.9. The largest absolute Gasteiger partial charge is 0.451 e. The van der Waals surface area contributed by atoms with E-state index in [0.717, 1.165) is 22.4 Å². The number of para-hydroxylation sites is 1. The van der Waals surface area contributed by atoms with Gasteiger partial charge in [0.05, 0.1) is 17.9 Å². The summed E-state index contributed by atoms with van der Waals surface area (Å²) in [5, 5.41) is 8.25. The lowest BCUT2D eigenvalue weighted by atomic mass is 9.92. The topological polar surface area (TPSA) is 62.1 Å². The molecular weight excluding hydrogens is 290 g/mol. The molecule has 2 aromatic heterocycles. The predicted molar refractivity (Wildman–Crippen MR) is 89.3 cm³/mol. The Balaban J connectivity index is 1.76. The van der Waals surface area contributed by atoms with Gasteiger partial charge in [0.15, 0.2) is 5.76 Å². The van der Waals surface area contributed by atoms with E-state index in [1.165, 1.54) is 0 Å². The van der Waals surface area contributed by atoms with Crippen molar-refractivity contribution in [2.45, 2.75) is 32.7 Å². The van der Waals surface area contributed by atoms with Gasteiger partial charge in [0.25, 0.3) is 5.91 Å². The third kappa shape index (κ3) is 3.13. The van der Waals surface area contributed by atoms with Crippen LogP contribution in [-0.4, -0.2) is 28.1 Å². The molecule has 3 rings (SSSR count). The molecule has 120 valence electrons. The SMILES string of the molecule is CN(Cc1cc(C(C)(C)C)n[nH]1)C(=O)c1cc2ccccc2o1.